The summed E-state index contributed by atoms with van der Waals surface area (Å²) >= 11 is 2.48. The lowest BCUT2D eigenvalue weighted by molar-refractivity contribution is -0.384. The van der Waals surface area contributed by atoms with Gasteiger partial charge in [0.25, 0.3) is 11.6 Å². The van der Waals surface area contributed by atoms with Crippen LogP contribution in [0.2, 0.25) is 0 Å². The third-order valence-corrected chi connectivity index (χ3v) is 5.24. The molecule has 10 heteroatoms. The van der Waals surface area contributed by atoms with Crippen LogP contribution in [0.4, 0.5) is 11.4 Å². The summed E-state index contributed by atoms with van der Waals surface area (Å²) in [5.41, 5.74) is 8.03. The average Bonchev–Trinajstić information content (AvgIpc) is 2.97. The third kappa shape index (κ3) is 3.67. The summed E-state index contributed by atoms with van der Waals surface area (Å²) in [6.07, 6.45) is 1.83. The summed E-state index contributed by atoms with van der Waals surface area (Å²) in [6, 6.07) is 6.13. The van der Waals surface area contributed by atoms with E-state index in [1.165, 1.54) is 23.9 Å². The number of thiophene rings is 1. The second-order valence-electron chi connectivity index (χ2n) is 5.76. The van der Waals surface area contributed by atoms with Gasteiger partial charge in [-0.2, -0.15) is 0 Å². The van der Waals surface area contributed by atoms with Crippen LogP contribution in [-0.2, 0) is 0 Å². The zero-order chi connectivity index (χ0) is 19.7. The summed E-state index contributed by atoms with van der Waals surface area (Å²) in [6.45, 7) is 3.45. The normalized spacial score (nSPS) is 10.8. The monoisotopic (exact) mass is 401 g/mol. The Balaban J connectivity index is 2.30. The molecule has 0 bridgehead atoms. The fourth-order valence-electron chi connectivity index (χ4n) is 2.48. The van der Waals surface area contributed by atoms with Crippen molar-refractivity contribution in [2.45, 2.75) is 19.0 Å². The van der Waals surface area contributed by atoms with Crippen molar-refractivity contribution in [1.82, 2.24) is 9.97 Å². The summed E-state index contributed by atoms with van der Waals surface area (Å²) in [7, 11) is 0. The van der Waals surface area contributed by atoms with Crippen LogP contribution in [-0.4, -0.2) is 32.8 Å². The van der Waals surface area contributed by atoms with Gasteiger partial charge in [-0.3, -0.25) is 14.9 Å². The summed E-state index contributed by atoms with van der Waals surface area (Å²) in [5.74, 6) is -0.439. The van der Waals surface area contributed by atoms with Crippen LogP contribution in [0.5, 0.6) is 0 Å². The van der Waals surface area contributed by atoms with Crippen LogP contribution in [0, 0.1) is 10.1 Å². The van der Waals surface area contributed by atoms with Crippen LogP contribution in [0.3, 0.4) is 0 Å². The molecule has 0 fully saturated rings. The van der Waals surface area contributed by atoms with Crippen LogP contribution in [0.15, 0.2) is 34.4 Å². The highest BCUT2D eigenvalue weighted by Crippen LogP contribution is 2.40. The standard InChI is InChI=1S/C17H15N5O3S2/c1-8(2)19-15(23)14-12(18)11-13(20-17(26-3)21-16(11)27-14)9-5-4-6-10(7-9)22(24)25/h4-7H,18H2,1-3H3. The highest BCUT2D eigenvalue weighted by molar-refractivity contribution is 7.98. The number of benzene rings is 1. The molecule has 3 aromatic rings. The minimum Gasteiger partial charge on any atom is -0.397 e. The van der Waals surface area contributed by atoms with E-state index in [0.717, 1.165) is 11.3 Å². The lowest BCUT2D eigenvalue weighted by Crippen LogP contribution is -2.00. The first-order valence-corrected chi connectivity index (χ1v) is 9.81. The Morgan fingerprint density at radius 2 is 2.07 bits per heavy atom. The van der Waals surface area contributed by atoms with E-state index < -0.39 is 10.8 Å². The van der Waals surface area contributed by atoms with E-state index in [0.29, 0.717) is 32.3 Å². The Kier molecular flexibility index (Phi) is 5.19. The van der Waals surface area contributed by atoms with Crippen molar-refractivity contribution in [1.29, 1.82) is 0 Å². The number of hydrogen-bond acceptors (Lipinski definition) is 8. The number of nitrogens with two attached hydrogens (primary N) is 1. The number of amides is 1. The van der Waals surface area contributed by atoms with Crippen molar-refractivity contribution in [2.24, 2.45) is 4.99 Å². The number of rotatable bonds is 4. The Hall–Kier alpha value is -2.85. The van der Waals surface area contributed by atoms with E-state index in [1.54, 1.807) is 26.0 Å². The number of thioether (sulfide) groups is 1. The van der Waals surface area contributed by atoms with Gasteiger partial charge in [-0.25, -0.2) is 15.0 Å². The van der Waals surface area contributed by atoms with Gasteiger partial charge in [0.2, 0.25) is 0 Å². The smallest absolute Gasteiger partial charge is 0.289 e. The fourth-order valence-corrected chi connectivity index (χ4v) is 3.88. The molecule has 2 aromatic heterocycles. The summed E-state index contributed by atoms with van der Waals surface area (Å²) < 4.78 is 0. The van der Waals surface area contributed by atoms with Crippen molar-refractivity contribution >= 4 is 56.3 Å². The molecule has 138 valence electrons. The zero-order valence-corrected chi connectivity index (χ0v) is 16.3. The molecule has 3 rings (SSSR count). The molecule has 0 aliphatic heterocycles. The first-order valence-electron chi connectivity index (χ1n) is 7.77. The van der Waals surface area contributed by atoms with E-state index in [2.05, 4.69) is 15.0 Å². The summed E-state index contributed by atoms with van der Waals surface area (Å²) in [4.78, 5) is 36.7. The predicted molar refractivity (Wildman–Crippen MR) is 109 cm³/mol. The van der Waals surface area contributed by atoms with Gasteiger partial charge in [0.05, 0.1) is 21.7 Å². The highest BCUT2D eigenvalue weighted by Gasteiger charge is 2.22. The Labute approximate surface area is 162 Å². The average molecular weight is 401 g/mol. The first-order chi connectivity index (χ1) is 12.8. The molecule has 1 aromatic carbocycles. The quantitative estimate of drug-likeness (QED) is 0.228. The van der Waals surface area contributed by atoms with Crippen LogP contribution in [0.25, 0.3) is 21.5 Å². The number of aliphatic imine (C=N–C) groups is 1. The Bertz CT molecular complexity index is 1100. The van der Waals surface area contributed by atoms with Gasteiger partial charge in [-0.05, 0) is 20.1 Å². The number of nitro groups is 1. The largest absolute Gasteiger partial charge is 0.397 e. The van der Waals surface area contributed by atoms with Gasteiger partial charge < -0.3 is 5.73 Å². The highest BCUT2D eigenvalue weighted by atomic mass is 32.2. The lowest BCUT2D eigenvalue weighted by atomic mass is 10.1. The number of fused-ring (bicyclic) bond motifs is 1. The molecule has 8 nitrogen and oxygen atoms in total. The molecule has 0 saturated carbocycles. The second kappa shape index (κ2) is 7.41. The minimum absolute atomic E-state index is 0.0544. The molecule has 0 aliphatic rings. The molecule has 27 heavy (non-hydrogen) atoms. The Morgan fingerprint density at radius 3 is 2.70 bits per heavy atom. The Morgan fingerprint density at radius 1 is 1.33 bits per heavy atom. The van der Waals surface area contributed by atoms with Crippen LogP contribution >= 0.6 is 23.1 Å². The van der Waals surface area contributed by atoms with Crippen molar-refractivity contribution in [2.75, 3.05) is 12.0 Å². The number of nitrogens with zero attached hydrogens (tertiary/aromatic N) is 4. The number of carbonyl (C=O) groups excluding carboxylic acids is 1. The van der Waals surface area contributed by atoms with E-state index in [1.807, 2.05) is 6.26 Å². The number of anilines is 1. The van der Waals surface area contributed by atoms with Gasteiger partial charge in [0, 0.05) is 23.4 Å². The molecule has 0 atom stereocenters. The number of aromatic nitrogens is 2. The lowest BCUT2D eigenvalue weighted by Gasteiger charge is -2.06. The molecule has 0 aliphatic carbocycles. The predicted octanol–water partition coefficient (Wildman–Crippen LogP) is 4.19. The number of carbonyl (C=O) groups is 1. The molecule has 0 saturated heterocycles. The molecule has 1 amide bonds. The van der Waals surface area contributed by atoms with Gasteiger partial charge >= 0.3 is 0 Å². The maximum Gasteiger partial charge on any atom is 0.289 e. The van der Waals surface area contributed by atoms with Crippen LogP contribution in [0.1, 0.15) is 23.5 Å². The van der Waals surface area contributed by atoms with Crippen LogP contribution < -0.4 is 5.73 Å². The van der Waals surface area contributed by atoms with Gasteiger partial charge in [0.15, 0.2) is 5.16 Å². The van der Waals surface area contributed by atoms with Crippen molar-refractivity contribution < 1.29 is 9.72 Å². The molecular weight excluding hydrogens is 386 g/mol. The second-order valence-corrected chi connectivity index (χ2v) is 7.53. The number of nitrogen functional groups attached to an aromatic ring is 1. The van der Waals surface area contributed by atoms with Gasteiger partial charge in [-0.1, -0.05) is 23.9 Å². The maximum atomic E-state index is 12.4. The number of nitro benzene ring substituents is 1. The molecule has 2 heterocycles. The van der Waals surface area contributed by atoms with E-state index in [-0.39, 0.29) is 16.3 Å². The fraction of sp³-hybridized carbons (Fsp3) is 0.176. The maximum absolute atomic E-state index is 12.4. The number of hydrogen-bond donors (Lipinski definition) is 1. The first kappa shape index (κ1) is 18.9. The zero-order valence-electron chi connectivity index (χ0n) is 14.7. The van der Waals surface area contributed by atoms with E-state index in [4.69, 9.17) is 5.73 Å². The van der Waals surface area contributed by atoms with E-state index in [9.17, 15) is 14.9 Å². The molecule has 0 radical (unpaired) electrons. The van der Waals surface area contributed by atoms with Gasteiger partial charge in [0.1, 0.15) is 9.71 Å². The molecule has 2 N–H and O–H groups in total. The van der Waals surface area contributed by atoms with Gasteiger partial charge in [-0.15, -0.1) is 11.3 Å². The third-order valence-electron chi connectivity index (χ3n) is 3.60. The minimum atomic E-state index is -0.470. The number of non-ortho nitro benzene ring substituents is 1. The molecule has 0 spiro atoms. The van der Waals surface area contributed by atoms with Crippen molar-refractivity contribution in [3.05, 3.63) is 39.3 Å². The summed E-state index contributed by atoms with van der Waals surface area (Å²) in [5, 5.41) is 12.1. The topological polar surface area (TPSA) is 124 Å². The van der Waals surface area contributed by atoms with Crippen molar-refractivity contribution in [3.8, 4) is 11.3 Å². The SMILES string of the molecule is CSc1nc(-c2cccc([N+](=O)[O-])c2)c2c(N)c(C(=O)N=C(C)C)sc2n1. The van der Waals surface area contributed by atoms with Crippen molar-refractivity contribution in [3.63, 3.8) is 0 Å². The molecular formula is C17H15N5O3S2. The molecule has 0 unspecified atom stereocenters. The van der Waals surface area contributed by atoms with E-state index >= 15 is 0 Å².